The molecule has 0 saturated heterocycles. The first kappa shape index (κ1) is 78.7. The Morgan fingerprint density at radius 1 is 0.256 bits per heavy atom. The predicted octanol–water partition coefficient (Wildman–Crippen LogP) is 21.6. The minimum atomic E-state index is -6.13. The zero-order valence-corrected chi connectivity index (χ0v) is 52.2. The van der Waals surface area contributed by atoms with Crippen LogP contribution in [0.5, 0.6) is 0 Å². The molecule has 4 aromatic rings. The van der Waals surface area contributed by atoms with Gasteiger partial charge in [0.2, 0.25) is 0 Å². The molecule has 4 fully saturated rings. The molecule has 4 aliphatic carbocycles. The van der Waals surface area contributed by atoms with Crippen molar-refractivity contribution < 1.29 is 125 Å². The van der Waals surface area contributed by atoms with Crippen molar-refractivity contribution in [2.75, 3.05) is 12.3 Å². The second-order valence-electron chi connectivity index (χ2n) is 23.2. The van der Waals surface area contributed by atoms with Crippen molar-refractivity contribution in [2.45, 2.75) is 200 Å². The third-order valence-electron chi connectivity index (χ3n) is 17.7. The van der Waals surface area contributed by atoms with Gasteiger partial charge in [0.25, 0.3) is 0 Å². The summed E-state index contributed by atoms with van der Waals surface area (Å²) < 4.78 is 341. The van der Waals surface area contributed by atoms with E-state index in [9.17, 15) is 105 Å². The first-order valence-electron chi connectivity index (χ1n) is 29.2. The summed E-state index contributed by atoms with van der Waals surface area (Å²) in [5, 5.41) is 0. The summed E-state index contributed by atoms with van der Waals surface area (Å²) in [6.45, 7) is 12.0. The molecule has 0 heterocycles. The smallest absolute Gasteiger partial charge is 0.194 e. The zero-order valence-electron chi connectivity index (χ0n) is 48.6. The van der Waals surface area contributed by atoms with E-state index in [0.717, 1.165) is 0 Å². The molecule has 4 aromatic carbocycles. The topological polar surface area (TPSA) is 0 Å². The number of hydrogen-bond acceptors (Lipinski definition) is 0. The minimum absolute atomic E-state index is 0. The summed E-state index contributed by atoms with van der Waals surface area (Å²) in [4.78, 5) is 0. The summed E-state index contributed by atoms with van der Waals surface area (Å²) >= 11 is 0. The molecule has 0 bridgehead atoms. The van der Waals surface area contributed by atoms with Gasteiger partial charge >= 0.3 is 49.4 Å². The van der Waals surface area contributed by atoms with Crippen LogP contribution in [0.25, 0.3) is 0 Å². The van der Waals surface area contributed by atoms with E-state index in [1.807, 2.05) is 0 Å². The maximum atomic E-state index is 14.2. The van der Waals surface area contributed by atoms with Crippen molar-refractivity contribution in [2.24, 2.45) is 0 Å². The van der Waals surface area contributed by atoms with Gasteiger partial charge in [0.1, 0.15) is 6.15 Å². The zero-order chi connectivity index (χ0) is 66.9. The maximum Gasteiger partial charge on any atom is 0.416 e. The van der Waals surface area contributed by atoms with Gasteiger partial charge in [-0.15, -0.1) is 26.3 Å². The Bertz CT molecular complexity index is 2380. The first-order valence-corrected chi connectivity index (χ1v) is 33.0. The monoisotopic (exact) mass is 1450 g/mol. The molecule has 0 nitrogen and oxygen atoms in total. The Hall–Kier alpha value is -3.77. The number of hydrogen-bond donors (Lipinski definition) is 0. The molecule has 0 amide bonds. The van der Waals surface area contributed by atoms with Gasteiger partial charge in [-0.3, -0.25) is 0 Å². The van der Waals surface area contributed by atoms with Gasteiger partial charge in [-0.25, -0.2) is 0 Å². The van der Waals surface area contributed by atoms with Crippen LogP contribution in [0.15, 0.2) is 99.1 Å². The summed E-state index contributed by atoms with van der Waals surface area (Å²) in [7, 11) is -0.182. The number of benzene rings is 4. The van der Waals surface area contributed by atoms with E-state index in [1.165, 1.54) is 22.6 Å². The van der Waals surface area contributed by atoms with Crippen LogP contribution < -0.4 is 21.9 Å². The molecule has 8 rings (SSSR count). The molecule has 4 saturated carbocycles. The van der Waals surface area contributed by atoms with Crippen molar-refractivity contribution in [1.82, 2.24) is 0 Å². The van der Waals surface area contributed by atoms with Crippen LogP contribution in [0.3, 0.4) is 0 Å². The molecule has 507 valence electrons. The van der Waals surface area contributed by atoms with Gasteiger partial charge in [0.05, 0.1) is 79.5 Å². The fourth-order valence-electron chi connectivity index (χ4n) is 13.7. The standard InChI is InChI=1S/C32H12BF24.C26H48P2.2C2H4.Rh/c34-25(35,36)13-1-14(26(37,38)39)6-21(5-13)33(22-7-15(27(40,41)42)2-16(8-22)28(43,44)45,23-9-17(29(46,47)48)3-18(10-23)30(49,50)51)24-11-19(31(52,53)54)4-20(12-24)32(55,56)57;1-5-13-23(14-6-1)27(24-15-7-2-8-16-24)21-22-28(25-17-9-3-10-18-25)26-19-11-4-12-20-26;2*1-2;/h1-12H;23-26H,1-22H2;2*1-2H2;/q-1;;;;/p+2. The van der Waals surface area contributed by atoms with Crippen LogP contribution in [-0.4, -0.2) is 41.1 Å². The van der Waals surface area contributed by atoms with E-state index in [4.69, 9.17) is 0 Å². The molecular weight excluding hydrogens is 1380 g/mol. The van der Waals surface area contributed by atoms with Crippen molar-refractivity contribution in [3.63, 3.8) is 0 Å². The second-order valence-corrected chi connectivity index (χ2v) is 29.8. The van der Waals surface area contributed by atoms with Crippen molar-refractivity contribution >= 4 is 43.8 Å². The van der Waals surface area contributed by atoms with Crippen molar-refractivity contribution in [3.05, 3.63) is 144 Å². The SMILES string of the molecule is C1CCC([PH+](CC[PH+](C2CCCCC2)C2CCCCC2)C2CCCCC2)CC1.C=C.C=C.FC(F)(F)c1cc([B-](c2cc(C(F)(F)F)cc(C(F)(F)F)c2)(c2cc(C(F)(F)F)cc(C(F)(F)F)c2)c2cc(C(F)(F)F)cc(C(F)(F)F)c2)cc(C(F)(F)F)c1.[Rh]. The molecule has 0 N–H and O–H groups in total. The van der Waals surface area contributed by atoms with E-state index in [0.29, 0.717) is 0 Å². The largest absolute Gasteiger partial charge is 0.416 e. The van der Waals surface area contributed by atoms with Crippen LogP contribution >= 0.6 is 15.8 Å². The van der Waals surface area contributed by atoms with Crippen LogP contribution in [-0.2, 0) is 68.9 Å². The van der Waals surface area contributed by atoms with Gasteiger partial charge in [0, 0.05) is 35.3 Å². The first-order chi connectivity index (χ1) is 41.2. The Balaban J connectivity index is 0.000000435. The molecule has 90 heavy (non-hydrogen) atoms. The Morgan fingerprint density at radius 2 is 0.389 bits per heavy atom. The minimum Gasteiger partial charge on any atom is -0.194 e. The van der Waals surface area contributed by atoms with E-state index >= 15 is 0 Å². The van der Waals surface area contributed by atoms with E-state index in [2.05, 4.69) is 26.3 Å². The van der Waals surface area contributed by atoms with E-state index in [1.54, 1.807) is 141 Å². The summed E-state index contributed by atoms with van der Waals surface area (Å²) in [6.07, 6.45) is -19.3. The van der Waals surface area contributed by atoms with Crippen molar-refractivity contribution in [1.29, 1.82) is 0 Å². The van der Waals surface area contributed by atoms with Gasteiger partial charge in [-0.1, -0.05) is 74.2 Å². The van der Waals surface area contributed by atoms with Gasteiger partial charge in [-0.2, -0.15) is 127 Å². The molecule has 0 spiro atoms. The Morgan fingerprint density at radius 3 is 0.511 bits per heavy atom. The van der Waals surface area contributed by atoms with Crippen LogP contribution in [0.1, 0.15) is 173 Å². The average Bonchev–Trinajstić information content (AvgIpc) is 0.710. The Kier molecular flexibility index (Phi) is 27.7. The van der Waals surface area contributed by atoms with E-state index < -0.39 is 195 Å². The summed E-state index contributed by atoms with van der Waals surface area (Å²) in [5.41, 5.74) is -25.3. The molecule has 0 unspecified atom stereocenters. The Labute approximate surface area is 523 Å². The third-order valence-corrected chi connectivity index (χ3v) is 26.3. The van der Waals surface area contributed by atoms with Crippen LogP contribution in [0.4, 0.5) is 105 Å². The fraction of sp³-hybridized carbons (Fsp3) is 0.548. The average molecular weight is 1450 g/mol. The number of halogens is 24. The number of rotatable bonds is 11. The molecule has 28 heteroatoms. The predicted molar refractivity (Wildman–Crippen MR) is 306 cm³/mol. The van der Waals surface area contributed by atoms with E-state index in [-0.39, 0.29) is 35.3 Å². The third kappa shape index (κ3) is 20.4. The molecule has 1 radical (unpaired) electrons. The quantitative estimate of drug-likeness (QED) is 0.0608. The van der Waals surface area contributed by atoms with Crippen molar-refractivity contribution in [3.8, 4) is 0 Å². The molecule has 0 aromatic heterocycles. The fourth-order valence-corrected chi connectivity index (χ4v) is 23.6. The summed E-state index contributed by atoms with van der Waals surface area (Å²) in [5.74, 6) is 0. The number of alkyl halides is 24. The second kappa shape index (κ2) is 31.6. The summed E-state index contributed by atoms with van der Waals surface area (Å²) in [6, 6.07) is -8.81. The normalized spacial score (nSPS) is 17.8. The van der Waals surface area contributed by atoms with Gasteiger partial charge < -0.3 is 0 Å². The van der Waals surface area contributed by atoms with Crippen LogP contribution in [0.2, 0.25) is 0 Å². The maximum absolute atomic E-state index is 14.2. The molecule has 4 aliphatic rings. The molecular formula is C62H70BF24P2Rh+. The molecule has 0 atom stereocenters. The molecule has 0 aliphatic heterocycles. The van der Waals surface area contributed by atoms with Crippen LogP contribution in [0, 0.1) is 0 Å². The van der Waals surface area contributed by atoms with Gasteiger partial charge in [-0.05, 0) is 127 Å². The van der Waals surface area contributed by atoms with Gasteiger partial charge in [0.15, 0.2) is 0 Å².